The van der Waals surface area contributed by atoms with Gasteiger partial charge in [0.2, 0.25) is 0 Å². The Morgan fingerprint density at radius 2 is 2.17 bits per heavy atom. The number of hydrogen-bond acceptors (Lipinski definition) is 2. The van der Waals surface area contributed by atoms with Gasteiger partial charge in [-0.25, -0.2) is 0 Å². The van der Waals surface area contributed by atoms with Crippen molar-refractivity contribution in [1.29, 1.82) is 5.41 Å². The topological polar surface area (TPSA) is 49.9 Å². The molecular weight excluding hydrogens is 168 g/mol. The molecule has 0 rings (SSSR count). The molecule has 0 aliphatic rings. The molecule has 72 valence electrons. The summed E-state index contributed by atoms with van der Waals surface area (Å²) in [6.45, 7) is 4.22. The second-order valence-corrected chi connectivity index (χ2v) is 4.29. The van der Waals surface area contributed by atoms with Crippen LogP contribution in [0.2, 0.25) is 0 Å². The average molecular weight is 188 g/mol. The third-order valence-electron chi connectivity index (χ3n) is 1.79. The van der Waals surface area contributed by atoms with Gasteiger partial charge in [-0.05, 0) is 12.2 Å². The van der Waals surface area contributed by atoms with E-state index in [0.29, 0.717) is 5.84 Å². The number of rotatable bonds is 7. The number of unbranched alkanes of at least 4 members (excludes halogenated alkanes) is 2. The lowest BCUT2D eigenvalue weighted by molar-refractivity contribution is 0.777. The SMILES string of the molecule is CCCCCSCC(C)C(=N)N. The average Bonchev–Trinajstić information content (AvgIpc) is 2.03. The van der Waals surface area contributed by atoms with Gasteiger partial charge in [0.15, 0.2) is 0 Å². The second-order valence-electron chi connectivity index (χ2n) is 3.14. The molecule has 2 nitrogen and oxygen atoms in total. The Bertz CT molecular complexity index is 126. The smallest absolute Gasteiger partial charge is 0.0942 e. The molecule has 0 saturated carbocycles. The highest BCUT2D eigenvalue weighted by Crippen LogP contribution is 2.10. The molecule has 0 saturated heterocycles. The maximum Gasteiger partial charge on any atom is 0.0942 e. The van der Waals surface area contributed by atoms with E-state index in [1.54, 1.807) is 0 Å². The van der Waals surface area contributed by atoms with Crippen LogP contribution in [0.15, 0.2) is 0 Å². The third kappa shape index (κ3) is 6.53. The maximum atomic E-state index is 7.18. The van der Waals surface area contributed by atoms with E-state index in [0.717, 1.165) is 5.75 Å². The van der Waals surface area contributed by atoms with Crippen LogP contribution < -0.4 is 5.73 Å². The third-order valence-corrected chi connectivity index (χ3v) is 3.10. The molecule has 0 aromatic heterocycles. The van der Waals surface area contributed by atoms with Gasteiger partial charge in [-0.3, -0.25) is 5.41 Å². The van der Waals surface area contributed by atoms with Crippen LogP contribution in [-0.2, 0) is 0 Å². The number of nitrogens with one attached hydrogen (secondary N) is 1. The first-order chi connectivity index (χ1) is 5.68. The normalized spacial score (nSPS) is 12.8. The molecule has 1 atom stereocenters. The lowest BCUT2D eigenvalue weighted by atomic mass is 10.2. The van der Waals surface area contributed by atoms with Crippen LogP contribution in [0.5, 0.6) is 0 Å². The Morgan fingerprint density at radius 1 is 1.50 bits per heavy atom. The first-order valence-electron chi connectivity index (χ1n) is 4.60. The summed E-state index contributed by atoms with van der Waals surface area (Å²) in [7, 11) is 0. The van der Waals surface area contributed by atoms with Gasteiger partial charge >= 0.3 is 0 Å². The lowest BCUT2D eigenvalue weighted by Crippen LogP contribution is -2.21. The van der Waals surface area contributed by atoms with Gasteiger partial charge in [-0.15, -0.1) is 0 Å². The van der Waals surface area contributed by atoms with E-state index in [2.05, 4.69) is 6.92 Å². The largest absolute Gasteiger partial charge is 0.387 e. The van der Waals surface area contributed by atoms with Crippen molar-refractivity contribution in [2.45, 2.75) is 33.1 Å². The van der Waals surface area contributed by atoms with Crippen LogP contribution in [0.4, 0.5) is 0 Å². The number of hydrogen-bond donors (Lipinski definition) is 2. The van der Waals surface area contributed by atoms with Gasteiger partial charge in [-0.2, -0.15) is 11.8 Å². The highest BCUT2D eigenvalue weighted by atomic mass is 32.2. The molecule has 0 aromatic rings. The standard InChI is InChI=1S/C9H20N2S/c1-3-4-5-6-12-7-8(2)9(10)11/h8H,3-7H2,1-2H3,(H3,10,11). The van der Waals surface area contributed by atoms with Gasteiger partial charge in [-0.1, -0.05) is 26.7 Å². The minimum Gasteiger partial charge on any atom is -0.387 e. The highest BCUT2D eigenvalue weighted by molar-refractivity contribution is 7.99. The molecule has 0 heterocycles. The van der Waals surface area contributed by atoms with Crippen molar-refractivity contribution in [1.82, 2.24) is 0 Å². The van der Waals surface area contributed by atoms with E-state index in [-0.39, 0.29) is 5.92 Å². The molecule has 12 heavy (non-hydrogen) atoms. The molecule has 0 spiro atoms. The predicted octanol–water partition coefficient (Wildman–Crippen LogP) is 2.48. The molecule has 3 heteroatoms. The Labute approximate surface area is 79.8 Å². The van der Waals surface area contributed by atoms with Crippen LogP contribution in [0.3, 0.4) is 0 Å². The summed E-state index contributed by atoms with van der Waals surface area (Å²) in [4.78, 5) is 0. The number of amidine groups is 1. The van der Waals surface area contributed by atoms with Crippen LogP contribution >= 0.6 is 11.8 Å². The zero-order valence-electron chi connectivity index (χ0n) is 8.10. The Hall–Kier alpha value is -0.180. The first kappa shape index (κ1) is 11.8. The molecule has 0 aromatic carbocycles. The number of thioether (sulfide) groups is 1. The summed E-state index contributed by atoms with van der Waals surface area (Å²) in [6.07, 6.45) is 3.90. The van der Waals surface area contributed by atoms with Gasteiger partial charge in [0.25, 0.3) is 0 Å². The fourth-order valence-corrected chi connectivity index (χ4v) is 1.91. The molecule has 0 bridgehead atoms. The molecule has 0 aliphatic carbocycles. The maximum absolute atomic E-state index is 7.18. The van der Waals surface area contributed by atoms with Crippen LogP contribution in [0.1, 0.15) is 33.1 Å². The van der Waals surface area contributed by atoms with Crippen molar-refractivity contribution in [3.05, 3.63) is 0 Å². The van der Waals surface area contributed by atoms with Crippen molar-refractivity contribution >= 4 is 17.6 Å². The van der Waals surface area contributed by atoms with E-state index >= 15 is 0 Å². The summed E-state index contributed by atoms with van der Waals surface area (Å²) < 4.78 is 0. The second kappa shape index (κ2) is 7.47. The zero-order chi connectivity index (χ0) is 9.40. The molecule has 0 radical (unpaired) electrons. The van der Waals surface area contributed by atoms with Crippen LogP contribution in [0.25, 0.3) is 0 Å². The molecule has 0 aliphatic heterocycles. The molecular formula is C9H20N2S. The van der Waals surface area contributed by atoms with E-state index in [9.17, 15) is 0 Å². The monoisotopic (exact) mass is 188 g/mol. The van der Waals surface area contributed by atoms with Gasteiger partial charge in [0.05, 0.1) is 5.84 Å². The number of nitrogens with two attached hydrogens (primary N) is 1. The molecule has 1 unspecified atom stereocenters. The lowest BCUT2D eigenvalue weighted by Gasteiger charge is -2.07. The minimum atomic E-state index is 0.247. The van der Waals surface area contributed by atoms with Crippen molar-refractivity contribution in [2.24, 2.45) is 11.7 Å². The Balaban J connectivity index is 3.14. The van der Waals surface area contributed by atoms with E-state index < -0.39 is 0 Å². The van der Waals surface area contributed by atoms with E-state index in [1.165, 1.54) is 25.0 Å². The Kier molecular flexibility index (Phi) is 7.36. The summed E-state index contributed by atoms with van der Waals surface area (Å²) in [5, 5.41) is 7.18. The fourth-order valence-electron chi connectivity index (χ4n) is 0.804. The summed E-state index contributed by atoms with van der Waals surface area (Å²) in [5.74, 6) is 2.78. The van der Waals surface area contributed by atoms with Gasteiger partial charge in [0.1, 0.15) is 0 Å². The first-order valence-corrected chi connectivity index (χ1v) is 5.75. The minimum absolute atomic E-state index is 0.247. The van der Waals surface area contributed by atoms with E-state index in [4.69, 9.17) is 11.1 Å². The summed E-state index contributed by atoms with van der Waals surface area (Å²) in [6, 6.07) is 0. The molecule has 3 N–H and O–H groups in total. The van der Waals surface area contributed by atoms with Crippen molar-refractivity contribution in [3.63, 3.8) is 0 Å². The predicted molar refractivity (Wildman–Crippen MR) is 57.9 cm³/mol. The molecule has 0 fully saturated rings. The summed E-state index contributed by atoms with van der Waals surface area (Å²) in [5.41, 5.74) is 5.35. The molecule has 0 amide bonds. The van der Waals surface area contributed by atoms with Crippen LogP contribution in [0, 0.1) is 11.3 Å². The van der Waals surface area contributed by atoms with Crippen molar-refractivity contribution in [3.8, 4) is 0 Å². The van der Waals surface area contributed by atoms with Crippen molar-refractivity contribution < 1.29 is 0 Å². The van der Waals surface area contributed by atoms with Crippen molar-refractivity contribution in [2.75, 3.05) is 11.5 Å². The quantitative estimate of drug-likeness (QED) is 0.366. The van der Waals surface area contributed by atoms with E-state index in [1.807, 2.05) is 18.7 Å². The zero-order valence-corrected chi connectivity index (χ0v) is 8.91. The highest BCUT2D eigenvalue weighted by Gasteiger charge is 2.03. The van der Waals surface area contributed by atoms with Gasteiger partial charge in [0, 0.05) is 11.7 Å². The van der Waals surface area contributed by atoms with Gasteiger partial charge < -0.3 is 5.73 Å². The van der Waals surface area contributed by atoms with Crippen LogP contribution in [-0.4, -0.2) is 17.3 Å². The summed E-state index contributed by atoms with van der Waals surface area (Å²) >= 11 is 1.91. The fraction of sp³-hybridized carbons (Fsp3) is 0.889. The Morgan fingerprint density at radius 3 is 2.67 bits per heavy atom.